The highest BCUT2D eigenvalue weighted by Crippen LogP contribution is 2.25. The summed E-state index contributed by atoms with van der Waals surface area (Å²) in [4.78, 5) is 14.4. The molecule has 0 aliphatic carbocycles. The number of sulfonamides is 1. The predicted molar refractivity (Wildman–Crippen MR) is 74.8 cm³/mol. The molecular weight excluding hydrogens is 368 g/mol. The van der Waals surface area contributed by atoms with Gasteiger partial charge in [0.1, 0.15) is 4.90 Å². The zero-order valence-corrected chi connectivity index (χ0v) is 12.9. The topological polar surface area (TPSA) is 134 Å². The molecule has 1 heterocycles. The van der Waals surface area contributed by atoms with Gasteiger partial charge in [0.15, 0.2) is 0 Å². The smallest absolute Gasteiger partial charge is 0.336 e. The van der Waals surface area contributed by atoms with Crippen molar-refractivity contribution in [2.24, 2.45) is 0 Å². The van der Waals surface area contributed by atoms with Gasteiger partial charge in [-0.1, -0.05) is 0 Å². The second-order valence-corrected chi connectivity index (χ2v) is 6.23. The Morgan fingerprint density at radius 2 is 2.19 bits per heavy atom. The van der Waals surface area contributed by atoms with Gasteiger partial charge in [-0.15, -0.1) is 5.10 Å². The number of ether oxygens (including phenoxy) is 1. The lowest BCUT2D eigenvalue weighted by Gasteiger charge is -2.07. The highest BCUT2D eigenvalue weighted by Gasteiger charge is 2.21. The van der Waals surface area contributed by atoms with E-state index in [1.54, 1.807) is 0 Å². The van der Waals surface area contributed by atoms with Crippen LogP contribution in [-0.2, 0) is 10.0 Å². The second kappa shape index (κ2) is 5.69. The fourth-order valence-corrected chi connectivity index (χ4v) is 3.45. The minimum atomic E-state index is -3.96. The number of carboxylic acid groups (broad SMARTS) is 1. The first kappa shape index (κ1) is 15.3. The molecule has 0 aliphatic rings. The van der Waals surface area contributed by atoms with Crippen molar-refractivity contribution in [3.05, 3.63) is 28.2 Å². The van der Waals surface area contributed by atoms with E-state index in [2.05, 4.69) is 35.8 Å². The van der Waals surface area contributed by atoms with Crippen LogP contribution in [0.15, 0.2) is 27.6 Å². The molecule has 21 heavy (non-hydrogen) atoms. The summed E-state index contributed by atoms with van der Waals surface area (Å²) in [5, 5.41) is 14.8. The van der Waals surface area contributed by atoms with Crippen LogP contribution in [0.1, 0.15) is 10.4 Å². The standard InChI is InChI=1S/C10H9BrN4O5S/c1-20-10-12-9(13-14-10)15-21(18,19)7-3-2-5(8(16)17)4-6(7)11/h2-4H,1H3,(H,16,17)(H2,12,13,14,15). The Hall–Kier alpha value is -2.14. The van der Waals surface area contributed by atoms with E-state index in [1.165, 1.54) is 25.3 Å². The number of hydrogen-bond donors (Lipinski definition) is 3. The number of methoxy groups -OCH3 is 1. The third-order valence-electron chi connectivity index (χ3n) is 2.35. The predicted octanol–water partition coefficient (Wildman–Crippen LogP) is 1.07. The third-order valence-corrected chi connectivity index (χ3v) is 4.66. The second-order valence-electron chi connectivity index (χ2n) is 3.73. The number of nitrogens with zero attached hydrogens (tertiary/aromatic N) is 2. The van der Waals surface area contributed by atoms with Crippen LogP contribution in [0.5, 0.6) is 6.01 Å². The first-order chi connectivity index (χ1) is 9.83. The van der Waals surface area contributed by atoms with Crippen LogP contribution in [0.25, 0.3) is 0 Å². The molecule has 0 saturated carbocycles. The van der Waals surface area contributed by atoms with E-state index in [1.807, 2.05) is 0 Å². The highest BCUT2D eigenvalue weighted by atomic mass is 79.9. The van der Waals surface area contributed by atoms with Gasteiger partial charge in [-0.05, 0) is 34.1 Å². The van der Waals surface area contributed by atoms with Gasteiger partial charge >= 0.3 is 12.0 Å². The van der Waals surface area contributed by atoms with Crippen LogP contribution in [-0.4, -0.2) is 41.8 Å². The molecule has 1 aromatic heterocycles. The number of aromatic amines is 1. The van der Waals surface area contributed by atoms with E-state index >= 15 is 0 Å². The van der Waals surface area contributed by atoms with Crippen molar-refractivity contribution in [1.29, 1.82) is 0 Å². The number of hydrogen-bond acceptors (Lipinski definition) is 6. The highest BCUT2D eigenvalue weighted by molar-refractivity contribution is 9.10. The fraction of sp³-hybridized carbons (Fsp3) is 0.100. The van der Waals surface area contributed by atoms with Crippen LogP contribution >= 0.6 is 15.9 Å². The minimum Gasteiger partial charge on any atom is -0.478 e. The molecule has 0 amide bonds. The molecule has 0 spiro atoms. The summed E-state index contributed by atoms with van der Waals surface area (Å²) >= 11 is 3.03. The molecule has 1 aromatic carbocycles. The monoisotopic (exact) mass is 376 g/mol. The zero-order chi connectivity index (χ0) is 15.6. The maximum Gasteiger partial charge on any atom is 0.336 e. The molecule has 9 nitrogen and oxygen atoms in total. The van der Waals surface area contributed by atoms with Crippen molar-refractivity contribution in [1.82, 2.24) is 15.2 Å². The van der Waals surface area contributed by atoms with E-state index in [4.69, 9.17) is 9.84 Å². The lowest BCUT2D eigenvalue weighted by molar-refractivity contribution is 0.0696. The summed E-state index contributed by atoms with van der Waals surface area (Å²) in [6.07, 6.45) is 0. The van der Waals surface area contributed by atoms with Gasteiger partial charge in [0.05, 0.1) is 12.7 Å². The molecule has 2 aromatic rings. The number of aromatic nitrogens is 3. The quantitative estimate of drug-likeness (QED) is 0.710. The number of aromatic carboxylic acids is 1. The molecule has 0 radical (unpaired) electrons. The first-order valence-corrected chi connectivity index (χ1v) is 7.63. The van der Waals surface area contributed by atoms with Crippen molar-refractivity contribution in [2.75, 3.05) is 11.8 Å². The van der Waals surface area contributed by atoms with Gasteiger partial charge in [-0.3, -0.25) is 0 Å². The minimum absolute atomic E-state index is 0.0204. The van der Waals surface area contributed by atoms with Crippen LogP contribution in [0.3, 0.4) is 0 Å². The summed E-state index contributed by atoms with van der Waals surface area (Å²) in [5.74, 6) is -1.28. The lowest BCUT2D eigenvalue weighted by atomic mass is 10.2. The molecular formula is C10H9BrN4O5S. The fourth-order valence-electron chi connectivity index (χ4n) is 1.42. The number of rotatable bonds is 5. The molecule has 0 bridgehead atoms. The Kier molecular flexibility index (Phi) is 4.14. The first-order valence-electron chi connectivity index (χ1n) is 5.35. The van der Waals surface area contributed by atoms with Crippen molar-refractivity contribution >= 4 is 37.9 Å². The third kappa shape index (κ3) is 3.31. The molecule has 0 saturated heterocycles. The average Bonchev–Trinajstić information content (AvgIpc) is 2.85. The van der Waals surface area contributed by atoms with Gasteiger partial charge in [0.25, 0.3) is 10.0 Å². The molecule has 112 valence electrons. The summed E-state index contributed by atoms with van der Waals surface area (Å²) in [5.41, 5.74) is -0.0397. The Morgan fingerprint density at radius 3 is 2.71 bits per heavy atom. The number of carboxylic acids is 1. The van der Waals surface area contributed by atoms with E-state index in [0.717, 1.165) is 0 Å². The molecule has 11 heteroatoms. The van der Waals surface area contributed by atoms with Crippen molar-refractivity contribution in [3.63, 3.8) is 0 Å². The Bertz CT molecular complexity index is 788. The Labute approximate surface area is 127 Å². The average molecular weight is 377 g/mol. The SMILES string of the molecule is COc1n[nH]c(NS(=O)(=O)c2ccc(C(=O)O)cc2Br)n1. The number of H-pyrrole nitrogens is 1. The van der Waals surface area contributed by atoms with Crippen molar-refractivity contribution in [2.45, 2.75) is 4.90 Å². The molecule has 0 aliphatic heterocycles. The molecule has 0 unspecified atom stereocenters. The van der Waals surface area contributed by atoms with Crippen LogP contribution in [0.4, 0.5) is 5.95 Å². The van der Waals surface area contributed by atoms with Crippen LogP contribution in [0, 0.1) is 0 Å². The van der Waals surface area contributed by atoms with E-state index in [0.29, 0.717) is 0 Å². The van der Waals surface area contributed by atoms with Gasteiger partial charge in [-0.2, -0.15) is 4.98 Å². The molecule has 3 N–H and O–H groups in total. The largest absolute Gasteiger partial charge is 0.478 e. The van der Waals surface area contributed by atoms with Gasteiger partial charge in [0.2, 0.25) is 5.95 Å². The van der Waals surface area contributed by atoms with Gasteiger partial charge in [-0.25, -0.2) is 23.0 Å². The number of nitrogens with one attached hydrogen (secondary N) is 2. The van der Waals surface area contributed by atoms with Crippen molar-refractivity contribution in [3.8, 4) is 6.01 Å². The van der Waals surface area contributed by atoms with E-state index in [9.17, 15) is 13.2 Å². The Morgan fingerprint density at radius 1 is 1.48 bits per heavy atom. The number of anilines is 1. The molecule has 0 atom stereocenters. The molecule has 2 rings (SSSR count). The van der Waals surface area contributed by atoms with Gasteiger partial charge < -0.3 is 9.84 Å². The van der Waals surface area contributed by atoms with Crippen LogP contribution in [0.2, 0.25) is 0 Å². The summed E-state index contributed by atoms with van der Waals surface area (Å²) in [6, 6.07) is 3.53. The maximum atomic E-state index is 12.2. The maximum absolute atomic E-state index is 12.2. The Balaban J connectivity index is 2.33. The number of carbonyl (C=O) groups is 1. The summed E-state index contributed by atoms with van der Waals surface area (Å²) in [7, 11) is -2.62. The molecule has 0 fully saturated rings. The summed E-state index contributed by atoms with van der Waals surface area (Å²) < 4.78 is 31.4. The summed E-state index contributed by atoms with van der Waals surface area (Å²) in [6.45, 7) is 0. The van der Waals surface area contributed by atoms with Gasteiger partial charge in [0, 0.05) is 4.47 Å². The van der Waals surface area contributed by atoms with E-state index < -0.39 is 16.0 Å². The number of halogens is 1. The lowest BCUT2D eigenvalue weighted by Crippen LogP contribution is -2.15. The van der Waals surface area contributed by atoms with Crippen molar-refractivity contribution < 1.29 is 23.1 Å². The number of benzene rings is 1. The normalized spacial score (nSPS) is 11.1. The van der Waals surface area contributed by atoms with E-state index in [-0.39, 0.29) is 26.9 Å². The zero-order valence-electron chi connectivity index (χ0n) is 10.5. The van der Waals surface area contributed by atoms with Crippen LogP contribution < -0.4 is 9.46 Å².